The highest BCUT2D eigenvalue weighted by molar-refractivity contribution is 6.13. The number of hydrogen-bond acceptors (Lipinski definition) is 4. The number of nitrogens with two attached hydrogens (primary N) is 1. The number of nitrogens with one attached hydrogen (secondary N) is 1. The summed E-state index contributed by atoms with van der Waals surface area (Å²) in [7, 11) is 0. The van der Waals surface area contributed by atoms with Crippen LogP contribution >= 0.6 is 0 Å². The van der Waals surface area contributed by atoms with Crippen molar-refractivity contribution in [3.63, 3.8) is 0 Å². The molecule has 5 nitrogen and oxygen atoms in total. The Morgan fingerprint density at radius 1 is 0.889 bits per heavy atom. The van der Waals surface area contributed by atoms with Gasteiger partial charge in [0, 0.05) is 11.1 Å². The number of hydrogen-bond donors (Lipinski definition) is 3. The molecule has 0 saturated carbocycles. The van der Waals surface area contributed by atoms with Crippen molar-refractivity contribution in [1.29, 1.82) is 0 Å². The van der Waals surface area contributed by atoms with Crippen LogP contribution in [0.2, 0.25) is 0 Å². The fourth-order valence-electron chi connectivity index (χ4n) is 2.66. The van der Waals surface area contributed by atoms with E-state index in [1.807, 2.05) is 84.9 Å². The molecular weight excluding hydrogens is 338 g/mol. The van der Waals surface area contributed by atoms with E-state index in [2.05, 4.69) is 10.5 Å². The van der Waals surface area contributed by atoms with Crippen molar-refractivity contribution in [1.82, 2.24) is 0 Å². The molecule has 0 fully saturated rings. The van der Waals surface area contributed by atoms with Gasteiger partial charge >= 0.3 is 5.97 Å². The van der Waals surface area contributed by atoms with Crippen molar-refractivity contribution in [2.24, 2.45) is 10.8 Å². The molecule has 0 aliphatic heterocycles. The zero-order valence-electron chi connectivity index (χ0n) is 14.7. The maximum Gasteiger partial charge on any atom is 0.320 e. The summed E-state index contributed by atoms with van der Waals surface area (Å²) in [5, 5.41) is 13.5. The summed E-state index contributed by atoms with van der Waals surface area (Å²) in [6.45, 7) is 0. The molecule has 0 aliphatic rings. The van der Waals surface area contributed by atoms with Crippen LogP contribution in [-0.2, 0) is 11.2 Å². The van der Waals surface area contributed by atoms with Crippen LogP contribution in [0, 0.1) is 0 Å². The molecule has 0 spiro atoms. The van der Waals surface area contributed by atoms with Crippen molar-refractivity contribution in [2.45, 2.75) is 12.5 Å². The third-order valence-corrected chi connectivity index (χ3v) is 4.12. The second-order valence-corrected chi connectivity index (χ2v) is 6.15. The molecule has 3 aromatic rings. The van der Waals surface area contributed by atoms with Crippen LogP contribution in [0.15, 0.2) is 90.0 Å². The number of rotatable bonds is 7. The number of aliphatic carboxylic acids is 1. The van der Waals surface area contributed by atoms with Gasteiger partial charge in [0.15, 0.2) is 0 Å². The minimum Gasteiger partial charge on any atom is -0.480 e. The summed E-state index contributed by atoms with van der Waals surface area (Å²) in [4.78, 5) is 10.9. The fourth-order valence-corrected chi connectivity index (χ4v) is 2.66. The highest BCUT2D eigenvalue weighted by atomic mass is 16.4. The van der Waals surface area contributed by atoms with E-state index >= 15 is 0 Å². The third kappa shape index (κ3) is 5.03. The van der Waals surface area contributed by atoms with E-state index in [0.29, 0.717) is 0 Å². The first-order valence-corrected chi connectivity index (χ1v) is 8.65. The largest absolute Gasteiger partial charge is 0.480 e. The Bertz CT molecular complexity index is 866. The zero-order chi connectivity index (χ0) is 19.1. The summed E-state index contributed by atoms with van der Waals surface area (Å²) >= 11 is 0. The molecule has 0 amide bonds. The van der Waals surface area contributed by atoms with Gasteiger partial charge in [-0.05, 0) is 24.1 Å². The monoisotopic (exact) mass is 359 g/mol. The SMILES string of the molecule is NC(Cc1ccc(NN=C(c2ccccc2)c2ccccc2)cc1)C(=O)O. The Kier molecular flexibility index (Phi) is 5.97. The van der Waals surface area contributed by atoms with Crippen LogP contribution in [0.1, 0.15) is 16.7 Å². The number of carbonyl (C=O) groups is 1. The van der Waals surface area contributed by atoms with Crippen LogP contribution in [0.4, 0.5) is 5.69 Å². The Morgan fingerprint density at radius 2 is 1.41 bits per heavy atom. The van der Waals surface area contributed by atoms with Crippen molar-refractivity contribution in [3.8, 4) is 0 Å². The van der Waals surface area contributed by atoms with Crippen LogP contribution in [0.25, 0.3) is 0 Å². The molecule has 0 aromatic heterocycles. The maximum atomic E-state index is 10.9. The first-order valence-electron chi connectivity index (χ1n) is 8.65. The molecule has 27 heavy (non-hydrogen) atoms. The van der Waals surface area contributed by atoms with Crippen LogP contribution in [0.5, 0.6) is 0 Å². The molecule has 3 rings (SSSR count). The van der Waals surface area contributed by atoms with Gasteiger partial charge < -0.3 is 10.8 Å². The normalized spacial score (nSPS) is 11.4. The smallest absolute Gasteiger partial charge is 0.320 e. The van der Waals surface area contributed by atoms with E-state index in [4.69, 9.17) is 10.8 Å². The lowest BCUT2D eigenvalue weighted by Gasteiger charge is -2.10. The number of carboxylic acid groups (broad SMARTS) is 1. The van der Waals surface area contributed by atoms with Gasteiger partial charge in [-0.3, -0.25) is 10.2 Å². The zero-order valence-corrected chi connectivity index (χ0v) is 14.7. The predicted octanol–water partition coefficient (Wildman–Crippen LogP) is 3.51. The van der Waals surface area contributed by atoms with E-state index < -0.39 is 12.0 Å². The molecule has 0 radical (unpaired) electrons. The third-order valence-electron chi connectivity index (χ3n) is 4.12. The molecule has 0 bridgehead atoms. The van der Waals surface area contributed by atoms with Gasteiger partial charge in [0.25, 0.3) is 0 Å². The van der Waals surface area contributed by atoms with Gasteiger partial charge in [-0.15, -0.1) is 0 Å². The summed E-state index contributed by atoms with van der Waals surface area (Å²) in [5.74, 6) is -1.00. The van der Waals surface area contributed by atoms with E-state index in [-0.39, 0.29) is 6.42 Å². The lowest BCUT2D eigenvalue weighted by molar-refractivity contribution is -0.138. The Labute approximate surface area is 158 Å². The number of nitrogens with zero attached hydrogens (tertiary/aromatic N) is 1. The minimum absolute atomic E-state index is 0.290. The van der Waals surface area contributed by atoms with Crippen molar-refractivity contribution >= 4 is 17.4 Å². The fraction of sp³-hybridized carbons (Fsp3) is 0.0909. The molecule has 5 heteroatoms. The molecule has 3 aromatic carbocycles. The quantitative estimate of drug-likeness (QED) is 0.445. The second-order valence-electron chi connectivity index (χ2n) is 6.15. The van der Waals surface area contributed by atoms with Crippen molar-refractivity contribution in [2.75, 3.05) is 5.43 Å². The molecular formula is C22H21N3O2. The molecule has 1 unspecified atom stereocenters. The Morgan fingerprint density at radius 3 is 1.89 bits per heavy atom. The van der Waals surface area contributed by atoms with Crippen LogP contribution in [0.3, 0.4) is 0 Å². The number of hydrazone groups is 1. The second kappa shape index (κ2) is 8.78. The Balaban J connectivity index is 1.80. The number of benzene rings is 3. The predicted molar refractivity (Wildman–Crippen MR) is 108 cm³/mol. The van der Waals surface area contributed by atoms with E-state index in [1.165, 1.54) is 0 Å². The first kappa shape index (κ1) is 18.4. The lowest BCUT2D eigenvalue weighted by Crippen LogP contribution is -2.32. The molecule has 0 aliphatic carbocycles. The molecule has 0 heterocycles. The highest BCUT2D eigenvalue weighted by Gasteiger charge is 2.12. The Hall–Kier alpha value is -3.44. The first-order chi connectivity index (χ1) is 13.1. The lowest BCUT2D eigenvalue weighted by atomic mass is 10.0. The average Bonchev–Trinajstić information content (AvgIpc) is 2.71. The van der Waals surface area contributed by atoms with Gasteiger partial charge in [0.2, 0.25) is 0 Å². The standard InChI is InChI=1S/C22H21N3O2/c23-20(22(26)27)15-16-11-13-19(14-12-16)24-25-21(17-7-3-1-4-8-17)18-9-5-2-6-10-18/h1-14,20,24H,15,23H2,(H,26,27). The maximum absolute atomic E-state index is 10.9. The highest BCUT2D eigenvalue weighted by Crippen LogP contribution is 2.14. The van der Waals surface area contributed by atoms with Crippen LogP contribution < -0.4 is 11.2 Å². The van der Waals surface area contributed by atoms with E-state index in [0.717, 1.165) is 28.1 Å². The van der Waals surface area contributed by atoms with Gasteiger partial charge in [-0.25, -0.2) is 0 Å². The van der Waals surface area contributed by atoms with E-state index in [1.54, 1.807) is 0 Å². The van der Waals surface area contributed by atoms with E-state index in [9.17, 15) is 4.79 Å². The van der Waals surface area contributed by atoms with Crippen molar-refractivity contribution < 1.29 is 9.90 Å². The average molecular weight is 359 g/mol. The number of carboxylic acids is 1. The minimum atomic E-state index is -1.00. The topological polar surface area (TPSA) is 87.7 Å². The van der Waals surface area contributed by atoms with Gasteiger partial charge in [-0.2, -0.15) is 5.10 Å². The summed E-state index contributed by atoms with van der Waals surface area (Å²) in [6.07, 6.45) is 0.290. The summed E-state index contributed by atoms with van der Waals surface area (Å²) in [6, 6.07) is 26.5. The molecule has 4 N–H and O–H groups in total. The number of anilines is 1. The molecule has 136 valence electrons. The molecule has 1 atom stereocenters. The van der Waals surface area contributed by atoms with Crippen molar-refractivity contribution in [3.05, 3.63) is 102 Å². The van der Waals surface area contributed by atoms with Gasteiger partial charge in [0.05, 0.1) is 11.4 Å². The summed E-state index contributed by atoms with van der Waals surface area (Å²) in [5.41, 5.74) is 13.2. The molecule has 0 saturated heterocycles. The van der Waals surface area contributed by atoms with Crippen LogP contribution in [-0.4, -0.2) is 22.8 Å². The van der Waals surface area contributed by atoms with Gasteiger partial charge in [0.1, 0.15) is 6.04 Å². The van der Waals surface area contributed by atoms with Gasteiger partial charge in [-0.1, -0.05) is 72.8 Å². The summed E-state index contributed by atoms with van der Waals surface area (Å²) < 4.78 is 0.